The maximum atomic E-state index is 14.7. The van der Waals surface area contributed by atoms with Crippen molar-refractivity contribution in [1.82, 2.24) is 0 Å². The fourth-order valence-corrected chi connectivity index (χ4v) is 3.24. The van der Waals surface area contributed by atoms with Gasteiger partial charge < -0.3 is 14.6 Å². The predicted molar refractivity (Wildman–Crippen MR) is 90.3 cm³/mol. The molecule has 0 bridgehead atoms. The number of carbonyl (C=O) groups is 2. The number of carbonyl (C=O) groups excluding carboxylic acids is 1. The van der Waals surface area contributed by atoms with Crippen molar-refractivity contribution in [2.45, 2.75) is 13.3 Å². The van der Waals surface area contributed by atoms with Gasteiger partial charge in [0.15, 0.2) is 23.1 Å². The van der Waals surface area contributed by atoms with Crippen LogP contribution in [0.15, 0.2) is 12.1 Å². The Balaban J connectivity index is 2.41. The third kappa shape index (κ3) is 3.79. The van der Waals surface area contributed by atoms with Gasteiger partial charge in [0.05, 0.1) is 23.8 Å². The number of rotatable bonds is 8. The maximum absolute atomic E-state index is 14.7. The summed E-state index contributed by atoms with van der Waals surface area (Å²) in [7, 11) is 1.39. The molecule has 0 saturated carbocycles. The summed E-state index contributed by atoms with van der Waals surface area (Å²) < 4.78 is 25.6. The van der Waals surface area contributed by atoms with E-state index in [2.05, 4.69) is 0 Å². The third-order valence-electron chi connectivity index (χ3n) is 3.41. The van der Waals surface area contributed by atoms with E-state index in [0.29, 0.717) is 9.58 Å². The van der Waals surface area contributed by atoms with Gasteiger partial charge in [-0.1, -0.05) is 6.92 Å². The highest BCUT2D eigenvalue weighted by Gasteiger charge is 2.22. The Kier molecular flexibility index (Phi) is 6.01. The number of hydrogen-bond acceptors (Lipinski definition) is 5. The topological polar surface area (TPSA) is 72.8 Å². The van der Waals surface area contributed by atoms with Crippen LogP contribution in [0.25, 0.3) is 10.1 Å². The molecule has 5 nitrogen and oxygen atoms in total. The molecule has 0 aliphatic heterocycles. The number of alkyl halides is 1. The summed E-state index contributed by atoms with van der Waals surface area (Å²) in [5.41, 5.74) is 0. The molecule has 1 atom stereocenters. The van der Waals surface area contributed by atoms with E-state index in [1.807, 2.05) is 0 Å². The molecule has 0 fully saturated rings. The van der Waals surface area contributed by atoms with Crippen molar-refractivity contribution in [1.29, 1.82) is 0 Å². The Morgan fingerprint density at radius 1 is 1.42 bits per heavy atom. The van der Waals surface area contributed by atoms with E-state index in [9.17, 15) is 14.0 Å². The summed E-state index contributed by atoms with van der Waals surface area (Å²) in [6.45, 7) is 1.57. The van der Waals surface area contributed by atoms with Crippen LogP contribution in [0.3, 0.4) is 0 Å². The van der Waals surface area contributed by atoms with E-state index in [-0.39, 0.29) is 41.6 Å². The summed E-state index contributed by atoms with van der Waals surface area (Å²) in [6.07, 6.45) is -0.142. The van der Waals surface area contributed by atoms with Crippen LogP contribution in [0, 0.1) is 11.7 Å². The summed E-state index contributed by atoms with van der Waals surface area (Å²) in [5, 5.41) is 9.13. The molecule has 0 spiro atoms. The molecule has 1 heterocycles. The van der Waals surface area contributed by atoms with Gasteiger partial charge in [0.1, 0.15) is 6.61 Å². The Labute approximate surface area is 146 Å². The van der Waals surface area contributed by atoms with E-state index < -0.39 is 17.7 Å². The van der Waals surface area contributed by atoms with Gasteiger partial charge in [0.2, 0.25) is 0 Å². The summed E-state index contributed by atoms with van der Waals surface area (Å²) >= 11 is 6.65. The van der Waals surface area contributed by atoms with Crippen molar-refractivity contribution in [3.8, 4) is 11.5 Å². The summed E-state index contributed by atoms with van der Waals surface area (Å²) in [5.74, 6) is -2.46. The van der Waals surface area contributed by atoms with Gasteiger partial charge in [-0.3, -0.25) is 9.59 Å². The fourth-order valence-electron chi connectivity index (χ4n) is 2.13. The van der Waals surface area contributed by atoms with Crippen LogP contribution in [0.5, 0.6) is 11.5 Å². The van der Waals surface area contributed by atoms with Gasteiger partial charge in [0, 0.05) is 22.6 Å². The normalized spacial score (nSPS) is 12.2. The van der Waals surface area contributed by atoms with Crippen molar-refractivity contribution < 1.29 is 28.6 Å². The minimum absolute atomic E-state index is 0.0543. The van der Waals surface area contributed by atoms with Crippen LogP contribution in [-0.4, -0.2) is 36.5 Å². The minimum atomic E-state index is -1.05. The number of aliphatic carboxylic acids is 1. The van der Waals surface area contributed by atoms with Gasteiger partial charge in [-0.25, -0.2) is 4.39 Å². The van der Waals surface area contributed by atoms with Gasteiger partial charge in [-0.2, -0.15) is 0 Å². The quantitative estimate of drug-likeness (QED) is 0.559. The van der Waals surface area contributed by atoms with E-state index in [1.54, 1.807) is 6.07 Å². The molecule has 0 radical (unpaired) electrons. The zero-order chi connectivity index (χ0) is 17.9. The molecule has 0 aliphatic rings. The van der Waals surface area contributed by atoms with Gasteiger partial charge in [0.25, 0.3) is 0 Å². The molecule has 8 heteroatoms. The highest BCUT2D eigenvalue weighted by molar-refractivity contribution is 7.20. The zero-order valence-corrected chi connectivity index (χ0v) is 14.7. The first kappa shape index (κ1) is 18.5. The molecule has 1 N–H and O–H groups in total. The second-order valence-electron chi connectivity index (χ2n) is 5.15. The number of methoxy groups -OCH3 is 1. The van der Waals surface area contributed by atoms with Gasteiger partial charge in [-0.05, 0) is 6.07 Å². The molecule has 0 amide bonds. The zero-order valence-electron chi connectivity index (χ0n) is 13.1. The largest absolute Gasteiger partial charge is 0.493 e. The maximum Gasteiger partial charge on any atom is 0.306 e. The second kappa shape index (κ2) is 7.81. The lowest BCUT2D eigenvalue weighted by Crippen LogP contribution is -2.13. The lowest BCUT2D eigenvalue weighted by Gasteiger charge is -2.11. The highest BCUT2D eigenvalue weighted by atomic mass is 35.5. The number of ketones is 1. The highest BCUT2D eigenvalue weighted by Crippen LogP contribution is 2.40. The molecule has 24 heavy (non-hydrogen) atoms. The lowest BCUT2D eigenvalue weighted by molar-refractivity contribution is -0.141. The Hall–Kier alpha value is -1.86. The lowest BCUT2D eigenvalue weighted by atomic mass is 10.0. The molecule has 2 rings (SSSR count). The summed E-state index contributed by atoms with van der Waals surface area (Å²) in [6, 6.07) is 3.00. The average Bonchev–Trinajstić information content (AvgIpc) is 2.98. The molecular weight excluding hydrogens is 359 g/mol. The van der Waals surface area contributed by atoms with E-state index in [1.165, 1.54) is 20.1 Å². The van der Waals surface area contributed by atoms with Crippen LogP contribution in [0.2, 0.25) is 0 Å². The number of halogens is 2. The molecule has 2 aromatic rings. The first-order chi connectivity index (χ1) is 11.4. The molecule has 130 valence electrons. The molecule has 1 aromatic heterocycles. The van der Waals surface area contributed by atoms with E-state index in [4.69, 9.17) is 26.2 Å². The Bertz CT molecular complexity index is 773. The number of carboxylic acids is 1. The Morgan fingerprint density at radius 2 is 2.12 bits per heavy atom. The number of ether oxygens (including phenoxy) is 2. The van der Waals surface area contributed by atoms with Crippen molar-refractivity contribution in [2.24, 2.45) is 5.92 Å². The first-order valence-electron chi connectivity index (χ1n) is 7.13. The van der Waals surface area contributed by atoms with Crippen molar-refractivity contribution in [2.75, 3.05) is 19.6 Å². The summed E-state index contributed by atoms with van der Waals surface area (Å²) in [4.78, 5) is 23.4. The second-order valence-corrected chi connectivity index (χ2v) is 6.61. The van der Waals surface area contributed by atoms with Gasteiger partial charge >= 0.3 is 5.97 Å². The van der Waals surface area contributed by atoms with Crippen molar-refractivity contribution in [3.63, 3.8) is 0 Å². The van der Waals surface area contributed by atoms with Crippen molar-refractivity contribution in [3.05, 3.63) is 22.8 Å². The number of thiophene rings is 1. The van der Waals surface area contributed by atoms with Crippen LogP contribution in [-0.2, 0) is 4.79 Å². The fraction of sp³-hybridized carbons (Fsp3) is 0.375. The Morgan fingerprint density at radius 3 is 2.71 bits per heavy atom. The van der Waals surface area contributed by atoms with Gasteiger partial charge in [-0.15, -0.1) is 22.9 Å². The molecular formula is C16H16ClFO5S. The van der Waals surface area contributed by atoms with Crippen molar-refractivity contribution >= 4 is 44.8 Å². The number of hydrogen-bond donors (Lipinski definition) is 1. The van der Waals surface area contributed by atoms with Crippen LogP contribution >= 0.6 is 22.9 Å². The smallest absolute Gasteiger partial charge is 0.306 e. The molecule has 1 unspecified atom stereocenters. The third-order valence-corrected chi connectivity index (χ3v) is 4.69. The molecule has 0 aliphatic carbocycles. The predicted octanol–water partition coefficient (Wildman–Crippen LogP) is 3.96. The number of fused-ring (bicyclic) bond motifs is 1. The number of Topliss-reactive ketones (excluding diaryl/α,β-unsaturated/α-hetero) is 1. The van der Waals surface area contributed by atoms with Crippen LogP contribution in [0.1, 0.15) is 23.0 Å². The number of carboxylic acid groups (broad SMARTS) is 1. The first-order valence-corrected chi connectivity index (χ1v) is 8.49. The molecule has 0 saturated heterocycles. The van der Waals surface area contributed by atoms with E-state index >= 15 is 0 Å². The average molecular weight is 375 g/mol. The van der Waals surface area contributed by atoms with Crippen LogP contribution < -0.4 is 9.47 Å². The minimum Gasteiger partial charge on any atom is -0.493 e. The van der Waals surface area contributed by atoms with Crippen LogP contribution in [0.4, 0.5) is 4.39 Å². The monoisotopic (exact) mass is 374 g/mol. The number of benzene rings is 1. The molecule has 1 aromatic carbocycles. The SMILES string of the molecule is COc1cc2sc(C(=O)CC(C)C(=O)O)cc2c(F)c1OCCCl. The van der Waals surface area contributed by atoms with E-state index in [0.717, 1.165) is 11.3 Å². The standard InChI is InChI=1S/C16H16ClFO5S/c1-8(16(20)21)5-10(19)13-6-9-12(24-13)7-11(22-2)15(14(9)18)23-4-3-17/h6-8H,3-5H2,1-2H3,(H,20,21).